The normalized spacial score (nSPS) is 19.5. The van der Waals surface area contributed by atoms with E-state index >= 15 is 0 Å². The summed E-state index contributed by atoms with van der Waals surface area (Å²) in [5, 5.41) is 3.29. The Morgan fingerprint density at radius 3 is 2.54 bits per heavy atom. The van der Waals surface area contributed by atoms with Crippen molar-refractivity contribution >= 4 is 0 Å². The Kier molecular flexibility index (Phi) is 4.33. The van der Waals surface area contributed by atoms with E-state index in [0.717, 1.165) is 31.7 Å². The first-order valence-corrected chi connectivity index (χ1v) is 4.69. The van der Waals surface area contributed by atoms with Crippen LogP contribution in [-0.2, 0) is 4.74 Å². The van der Waals surface area contributed by atoms with Crippen LogP contribution in [0.2, 0.25) is 0 Å². The zero-order valence-electron chi connectivity index (χ0n) is 7.96. The molecule has 0 aliphatic carbocycles. The highest BCUT2D eigenvalue weighted by Gasteiger charge is 2.13. The van der Waals surface area contributed by atoms with Gasteiger partial charge in [-0.2, -0.15) is 0 Å². The zero-order valence-corrected chi connectivity index (χ0v) is 7.96. The fourth-order valence-corrected chi connectivity index (χ4v) is 1.38. The van der Waals surface area contributed by atoms with Crippen molar-refractivity contribution in [2.75, 3.05) is 13.1 Å². The summed E-state index contributed by atoms with van der Waals surface area (Å²) in [6.07, 6.45) is 7.77. The first-order chi connectivity index (χ1) is 6.36. The Morgan fingerprint density at radius 2 is 2.00 bits per heavy atom. The van der Waals surface area contributed by atoms with E-state index in [1.165, 1.54) is 0 Å². The van der Waals surface area contributed by atoms with Gasteiger partial charge in [0.25, 0.3) is 0 Å². The minimum Gasteiger partial charge on any atom is -0.490 e. The minimum absolute atomic E-state index is 0.338. The molecule has 72 valence electrons. The summed E-state index contributed by atoms with van der Waals surface area (Å²) >= 11 is 0. The molecule has 1 rings (SSSR count). The smallest absolute Gasteiger partial charge is 0.119 e. The van der Waals surface area contributed by atoms with Crippen LogP contribution in [0.4, 0.5) is 0 Å². The fraction of sp³-hybridized carbons (Fsp3) is 0.455. The molecule has 13 heavy (non-hydrogen) atoms. The third kappa shape index (κ3) is 3.47. The second kappa shape index (κ2) is 5.60. The van der Waals surface area contributed by atoms with Gasteiger partial charge in [0.1, 0.15) is 11.9 Å². The summed E-state index contributed by atoms with van der Waals surface area (Å²) in [6.45, 7) is 9.40. The van der Waals surface area contributed by atoms with Gasteiger partial charge in [0.05, 0.1) is 0 Å². The van der Waals surface area contributed by atoms with Crippen molar-refractivity contribution in [3.8, 4) is 0 Å². The number of allylic oxidation sites excluding steroid dienone is 3. The van der Waals surface area contributed by atoms with Gasteiger partial charge in [0.2, 0.25) is 0 Å². The first-order valence-electron chi connectivity index (χ1n) is 4.69. The van der Waals surface area contributed by atoms with Gasteiger partial charge >= 0.3 is 0 Å². The molecule has 0 aromatic heterocycles. The molecule has 0 atom stereocenters. The number of hydrogen-bond acceptors (Lipinski definition) is 2. The molecule has 1 aliphatic heterocycles. The van der Waals surface area contributed by atoms with Crippen LogP contribution in [0.5, 0.6) is 0 Å². The molecular formula is C11H17NO. The van der Waals surface area contributed by atoms with Crippen LogP contribution in [-0.4, -0.2) is 19.2 Å². The van der Waals surface area contributed by atoms with Crippen molar-refractivity contribution in [2.45, 2.75) is 18.9 Å². The Labute approximate surface area is 80.0 Å². The molecule has 0 aromatic carbocycles. The lowest BCUT2D eigenvalue weighted by Gasteiger charge is -2.24. The lowest BCUT2D eigenvalue weighted by molar-refractivity contribution is 0.0961. The molecule has 0 unspecified atom stereocenters. The largest absolute Gasteiger partial charge is 0.490 e. The molecule has 2 nitrogen and oxygen atoms in total. The number of nitrogens with one attached hydrogen (secondary N) is 1. The number of rotatable bonds is 4. The second-order valence-corrected chi connectivity index (χ2v) is 3.08. The Bertz CT molecular complexity index is 202. The summed E-state index contributed by atoms with van der Waals surface area (Å²) < 4.78 is 5.71. The maximum absolute atomic E-state index is 5.71. The molecule has 0 radical (unpaired) electrons. The molecule has 1 aliphatic rings. The summed E-state index contributed by atoms with van der Waals surface area (Å²) in [5.74, 6) is 0.821. The maximum Gasteiger partial charge on any atom is 0.119 e. The van der Waals surface area contributed by atoms with Crippen LogP contribution in [0.3, 0.4) is 0 Å². The monoisotopic (exact) mass is 179 g/mol. The molecule has 1 fully saturated rings. The van der Waals surface area contributed by atoms with Crippen LogP contribution in [0, 0.1) is 0 Å². The zero-order chi connectivity index (χ0) is 9.52. The van der Waals surface area contributed by atoms with Gasteiger partial charge in [-0.25, -0.2) is 0 Å². The van der Waals surface area contributed by atoms with Gasteiger partial charge in [-0.1, -0.05) is 19.2 Å². The third-order valence-corrected chi connectivity index (χ3v) is 2.07. The summed E-state index contributed by atoms with van der Waals surface area (Å²) in [4.78, 5) is 0. The van der Waals surface area contributed by atoms with Crippen LogP contribution >= 0.6 is 0 Å². The van der Waals surface area contributed by atoms with E-state index in [4.69, 9.17) is 4.74 Å². The number of hydrogen-bond donors (Lipinski definition) is 1. The Morgan fingerprint density at radius 1 is 1.31 bits per heavy atom. The van der Waals surface area contributed by atoms with E-state index in [2.05, 4.69) is 18.5 Å². The highest BCUT2D eigenvalue weighted by atomic mass is 16.5. The molecule has 0 bridgehead atoms. The summed E-state index contributed by atoms with van der Waals surface area (Å²) in [7, 11) is 0. The van der Waals surface area contributed by atoms with Gasteiger partial charge in [-0.05, 0) is 38.1 Å². The lowest BCUT2D eigenvalue weighted by atomic mass is 10.1. The molecule has 1 N–H and O–H groups in total. The lowest BCUT2D eigenvalue weighted by Crippen LogP contribution is -2.32. The molecule has 1 saturated heterocycles. The van der Waals surface area contributed by atoms with Gasteiger partial charge in [0, 0.05) is 0 Å². The van der Waals surface area contributed by atoms with E-state index in [1.807, 2.05) is 6.08 Å². The van der Waals surface area contributed by atoms with Crippen LogP contribution in [0.15, 0.2) is 37.1 Å². The van der Waals surface area contributed by atoms with Crippen molar-refractivity contribution in [3.63, 3.8) is 0 Å². The Hall–Kier alpha value is -1.02. The SMILES string of the molecule is C=C/C=C(\C=C)OC1CCNCC1. The van der Waals surface area contributed by atoms with E-state index in [-0.39, 0.29) is 0 Å². The van der Waals surface area contributed by atoms with Gasteiger partial charge in [-0.3, -0.25) is 0 Å². The van der Waals surface area contributed by atoms with Crippen molar-refractivity contribution in [2.24, 2.45) is 0 Å². The molecule has 0 amide bonds. The molecule has 2 heteroatoms. The van der Waals surface area contributed by atoms with Gasteiger partial charge in [0.15, 0.2) is 0 Å². The minimum atomic E-state index is 0.338. The van der Waals surface area contributed by atoms with Crippen LogP contribution in [0.1, 0.15) is 12.8 Å². The van der Waals surface area contributed by atoms with Crippen LogP contribution < -0.4 is 5.32 Å². The molecular weight excluding hydrogens is 162 g/mol. The highest BCUT2D eigenvalue weighted by molar-refractivity contribution is 5.15. The quantitative estimate of drug-likeness (QED) is 0.526. The standard InChI is InChI=1S/C11H17NO/c1-3-5-10(4-2)13-11-6-8-12-9-7-11/h3-5,11-12H,1-2,6-9H2/b10-5+. The number of piperidine rings is 1. The van der Waals surface area contributed by atoms with E-state index in [9.17, 15) is 0 Å². The van der Waals surface area contributed by atoms with E-state index < -0.39 is 0 Å². The second-order valence-electron chi connectivity index (χ2n) is 3.08. The molecule has 0 spiro atoms. The van der Waals surface area contributed by atoms with E-state index in [1.54, 1.807) is 12.2 Å². The fourth-order valence-electron chi connectivity index (χ4n) is 1.38. The third-order valence-electron chi connectivity index (χ3n) is 2.07. The molecule has 1 heterocycles. The van der Waals surface area contributed by atoms with E-state index in [0.29, 0.717) is 6.10 Å². The Balaban J connectivity index is 2.40. The van der Waals surface area contributed by atoms with Crippen molar-refractivity contribution in [1.29, 1.82) is 0 Å². The average Bonchev–Trinajstić information content (AvgIpc) is 2.19. The van der Waals surface area contributed by atoms with Crippen molar-refractivity contribution in [3.05, 3.63) is 37.1 Å². The maximum atomic E-state index is 5.71. The first kappa shape index (κ1) is 10.1. The predicted molar refractivity (Wildman–Crippen MR) is 55.5 cm³/mol. The average molecular weight is 179 g/mol. The summed E-state index contributed by atoms with van der Waals surface area (Å²) in [5.41, 5.74) is 0. The summed E-state index contributed by atoms with van der Waals surface area (Å²) in [6, 6.07) is 0. The number of ether oxygens (including phenoxy) is 1. The predicted octanol–water partition coefficient (Wildman–Crippen LogP) is 2.01. The van der Waals surface area contributed by atoms with Crippen LogP contribution in [0.25, 0.3) is 0 Å². The van der Waals surface area contributed by atoms with Gasteiger partial charge in [-0.15, -0.1) is 0 Å². The molecule has 0 aromatic rings. The van der Waals surface area contributed by atoms with Crippen molar-refractivity contribution < 1.29 is 4.74 Å². The topological polar surface area (TPSA) is 21.3 Å². The highest BCUT2D eigenvalue weighted by Crippen LogP contribution is 2.12. The van der Waals surface area contributed by atoms with Crippen molar-refractivity contribution in [1.82, 2.24) is 5.32 Å². The molecule has 0 saturated carbocycles. The van der Waals surface area contributed by atoms with Gasteiger partial charge < -0.3 is 10.1 Å².